The molecule has 0 radical (unpaired) electrons. The zero-order chi connectivity index (χ0) is 22.8. The number of amides is 1. The quantitative estimate of drug-likeness (QED) is 0.469. The fourth-order valence-electron chi connectivity index (χ4n) is 4.20. The fraction of sp³-hybridized carbons (Fsp3) is 0.292. The van der Waals surface area contributed by atoms with Crippen molar-refractivity contribution in [1.29, 1.82) is 0 Å². The van der Waals surface area contributed by atoms with Gasteiger partial charge in [-0.1, -0.05) is 6.07 Å². The van der Waals surface area contributed by atoms with Crippen molar-refractivity contribution < 1.29 is 13.9 Å². The van der Waals surface area contributed by atoms with Crippen LogP contribution in [-0.4, -0.2) is 35.7 Å². The lowest BCUT2D eigenvalue weighted by molar-refractivity contribution is -0.125. The fourth-order valence-corrected chi connectivity index (χ4v) is 4.96. The van der Waals surface area contributed by atoms with Crippen molar-refractivity contribution in [3.8, 4) is 11.4 Å². The Morgan fingerprint density at radius 3 is 3.03 bits per heavy atom. The van der Waals surface area contributed by atoms with Crippen LogP contribution in [0.1, 0.15) is 18.6 Å². The van der Waals surface area contributed by atoms with Crippen LogP contribution in [0.4, 0.5) is 5.95 Å². The summed E-state index contributed by atoms with van der Waals surface area (Å²) in [5.41, 5.74) is 1.23. The lowest BCUT2D eigenvalue weighted by atomic mass is 9.97. The number of thiophene rings is 1. The van der Waals surface area contributed by atoms with Crippen LogP contribution in [0.3, 0.4) is 0 Å². The van der Waals surface area contributed by atoms with E-state index in [-0.39, 0.29) is 17.4 Å². The number of carbonyl (C=O) groups excluding carboxylic acids is 1. The molecular weight excluding hydrogens is 440 g/mol. The van der Waals surface area contributed by atoms with Gasteiger partial charge in [-0.25, -0.2) is 9.55 Å². The molecule has 0 bridgehead atoms. The van der Waals surface area contributed by atoms with Crippen molar-refractivity contribution in [2.24, 2.45) is 5.92 Å². The van der Waals surface area contributed by atoms with E-state index in [2.05, 4.69) is 5.32 Å². The minimum atomic E-state index is -0.206. The first-order valence-electron chi connectivity index (χ1n) is 10.8. The Balaban J connectivity index is 1.48. The first-order valence-corrected chi connectivity index (χ1v) is 11.7. The Morgan fingerprint density at radius 1 is 1.30 bits per heavy atom. The Kier molecular flexibility index (Phi) is 5.87. The smallest absolute Gasteiger partial charge is 0.277 e. The van der Waals surface area contributed by atoms with Crippen LogP contribution in [0.25, 0.3) is 15.9 Å². The Labute approximate surface area is 194 Å². The number of furan rings is 1. The van der Waals surface area contributed by atoms with Gasteiger partial charge < -0.3 is 19.4 Å². The second-order valence-corrected chi connectivity index (χ2v) is 8.89. The van der Waals surface area contributed by atoms with E-state index in [9.17, 15) is 9.59 Å². The molecule has 1 aromatic carbocycles. The van der Waals surface area contributed by atoms with E-state index in [1.807, 2.05) is 46.7 Å². The highest BCUT2D eigenvalue weighted by Gasteiger charge is 2.29. The van der Waals surface area contributed by atoms with Crippen molar-refractivity contribution in [2.75, 3.05) is 25.1 Å². The molecule has 4 heterocycles. The summed E-state index contributed by atoms with van der Waals surface area (Å²) in [5, 5.41) is 4.84. The number of rotatable bonds is 6. The first kappa shape index (κ1) is 21.3. The molecule has 8 nitrogen and oxygen atoms in total. The average Bonchev–Trinajstić information content (AvgIpc) is 3.55. The number of nitrogens with zero attached hydrogens (tertiary/aromatic N) is 3. The molecule has 170 valence electrons. The maximum atomic E-state index is 13.5. The van der Waals surface area contributed by atoms with Crippen molar-refractivity contribution in [3.63, 3.8) is 0 Å². The molecule has 1 atom stereocenters. The van der Waals surface area contributed by atoms with Crippen molar-refractivity contribution in [3.05, 3.63) is 70.2 Å². The second-order valence-electron chi connectivity index (χ2n) is 7.97. The molecule has 3 aromatic heterocycles. The van der Waals surface area contributed by atoms with Crippen molar-refractivity contribution in [1.82, 2.24) is 14.9 Å². The van der Waals surface area contributed by atoms with Gasteiger partial charge in [0.15, 0.2) is 0 Å². The van der Waals surface area contributed by atoms with Gasteiger partial charge in [-0.05, 0) is 48.6 Å². The molecule has 1 saturated heterocycles. The highest BCUT2D eigenvalue weighted by atomic mass is 32.1. The summed E-state index contributed by atoms with van der Waals surface area (Å²) in [6, 6.07) is 12.9. The molecule has 0 unspecified atom stereocenters. The third-order valence-electron chi connectivity index (χ3n) is 5.87. The van der Waals surface area contributed by atoms with Crippen LogP contribution in [0, 0.1) is 5.92 Å². The summed E-state index contributed by atoms with van der Waals surface area (Å²) in [5.74, 6) is 1.69. The summed E-state index contributed by atoms with van der Waals surface area (Å²) in [7, 11) is 1.60. The van der Waals surface area contributed by atoms with E-state index < -0.39 is 0 Å². The molecule has 4 aromatic rings. The third kappa shape index (κ3) is 4.23. The molecular formula is C24H24N4O4S. The highest BCUT2D eigenvalue weighted by molar-refractivity contribution is 7.17. The molecule has 5 rings (SSSR count). The predicted octanol–water partition coefficient (Wildman–Crippen LogP) is 3.58. The number of piperidine rings is 1. The molecule has 9 heteroatoms. The summed E-state index contributed by atoms with van der Waals surface area (Å²) < 4.78 is 12.9. The topological polar surface area (TPSA) is 89.6 Å². The van der Waals surface area contributed by atoms with Gasteiger partial charge >= 0.3 is 0 Å². The Bertz CT molecular complexity index is 1330. The van der Waals surface area contributed by atoms with Gasteiger partial charge in [-0.3, -0.25) is 9.59 Å². The summed E-state index contributed by atoms with van der Waals surface area (Å²) in [6.07, 6.45) is 3.20. The van der Waals surface area contributed by atoms with Gasteiger partial charge in [0.25, 0.3) is 5.56 Å². The summed E-state index contributed by atoms with van der Waals surface area (Å²) >= 11 is 1.38. The number of carbonyl (C=O) groups is 1. The SMILES string of the molecule is COc1cccc(-n2c(N3CCC[C@H](C(=O)NCc4ccco4)C3)nc3ccsc3c2=O)c1. The van der Waals surface area contributed by atoms with E-state index in [4.69, 9.17) is 14.1 Å². The summed E-state index contributed by atoms with van der Waals surface area (Å²) in [6.45, 7) is 1.56. The number of fused-ring (bicyclic) bond motifs is 1. The van der Waals surface area contributed by atoms with E-state index >= 15 is 0 Å². The number of aromatic nitrogens is 2. The minimum absolute atomic E-state index is 0.0250. The zero-order valence-corrected chi connectivity index (χ0v) is 19.0. The minimum Gasteiger partial charge on any atom is -0.497 e. The van der Waals surface area contributed by atoms with Crippen LogP contribution < -0.4 is 20.5 Å². The maximum absolute atomic E-state index is 13.5. The number of ether oxygens (including phenoxy) is 1. The van der Waals surface area contributed by atoms with Gasteiger partial charge in [0, 0.05) is 19.2 Å². The number of hydrogen-bond acceptors (Lipinski definition) is 7. The normalized spacial score (nSPS) is 16.2. The number of methoxy groups -OCH3 is 1. The van der Waals surface area contributed by atoms with Crippen LogP contribution in [-0.2, 0) is 11.3 Å². The number of anilines is 1. The van der Waals surface area contributed by atoms with Gasteiger partial charge in [0.05, 0.1) is 37.0 Å². The number of benzene rings is 1. The van der Waals surface area contributed by atoms with Gasteiger partial charge in [0.1, 0.15) is 16.2 Å². The maximum Gasteiger partial charge on any atom is 0.277 e. The molecule has 0 aliphatic carbocycles. The lowest BCUT2D eigenvalue weighted by Crippen LogP contribution is -2.45. The van der Waals surface area contributed by atoms with E-state index in [1.165, 1.54) is 11.3 Å². The first-order chi connectivity index (χ1) is 16.1. The summed E-state index contributed by atoms with van der Waals surface area (Å²) in [4.78, 5) is 33.2. The Hall–Kier alpha value is -3.59. The van der Waals surface area contributed by atoms with E-state index in [0.717, 1.165) is 12.8 Å². The zero-order valence-electron chi connectivity index (χ0n) is 18.2. The second kappa shape index (κ2) is 9.11. The molecule has 0 saturated carbocycles. The molecule has 33 heavy (non-hydrogen) atoms. The van der Waals surface area contributed by atoms with E-state index in [1.54, 1.807) is 24.0 Å². The third-order valence-corrected chi connectivity index (χ3v) is 6.76. The molecule has 1 amide bonds. The van der Waals surface area contributed by atoms with Crippen molar-refractivity contribution in [2.45, 2.75) is 19.4 Å². The lowest BCUT2D eigenvalue weighted by Gasteiger charge is -2.34. The van der Waals surface area contributed by atoms with Gasteiger partial charge in [-0.15, -0.1) is 11.3 Å². The number of nitrogens with one attached hydrogen (secondary N) is 1. The molecule has 1 fully saturated rings. The average molecular weight is 465 g/mol. The Morgan fingerprint density at radius 2 is 2.21 bits per heavy atom. The highest BCUT2D eigenvalue weighted by Crippen LogP contribution is 2.27. The predicted molar refractivity (Wildman–Crippen MR) is 127 cm³/mol. The molecule has 0 spiro atoms. The van der Waals surface area contributed by atoms with Gasteiger partial charge in [0.2, 0.25) is 11.9 Å². The van der Waals surface area contributed by atoms with E-state index in [0.29, 0.717) is 53.0 Å². The van der Waals surface area contributed by atoms with Gasteiger partial charge in [-0.2, -0.15) is 0 Å². The van der Waals surface area contributed by atoms with Crippen LogP contribution in [0.15, 0.2) is 63.3 Å². The van der Waals surface area contributed by atoms with Crippen molar-refractivity contribution >= 4 is 33.4 Å². The van der Waals surface area contributed by atoms with Crippen LogP contribution in [0.2, 0.25) is 0 Å². The van der Waals surface area contributed by atoms with Crippen LogP contribution in [0.5, 0.6) is 5.75 Å². The number of hydrogen-bond donors (Lipinski definition) is 1. The molecule has 1 N–H and O–H groups in total. The monoisotopic (exact) mass is 464 g/mol. The molecule has 1 aliphatic heterocycles. The largest absolute Gasteiger partial charge is 0.497 e. The van der Waals surface area contributed by atoms with Crippen LogP contribution >= 0.6 is 11.3 Å². The standard InChI is InChI=1S/C24H24N4O4S/c1-31-18-7-2-6-17(13-18)28-23(30)21-20(9-12-33-21)26-24(28)27-10-3-5-16(15-27)22(29)25-14-19-8-4-11-32-19/h2,4,6-9,11-13,16H,3,5,10,14-15H2,1H3,(H,25,29)/t16-/m0/s1. The molecule has 1 aliphatic rings.